The summed E-state index contributed by atoms with van der Waals surface area (Å²) in [5.41, 5.74) is 0. The van der Waals surface area contributed by atoms with Crippen LogP contribution in [0.4, 0.5) is 8.78 Å². The average Bonchev–Trinajstić information content (AvgIpc) is 2.14. The first-order chi connectivity index (χ1) is 6.82. The SMILES string of the molecule is CCOC(=O)C(F)(F)C(=O)CCC(C)C. The average molecular weight is 222 g/mol. The number of ketones is 1. The zero-order chi connectivity index (χ0) is 12.1. The second-order valence-corrected chi connectivity index (χ2v) is 3.65. The lowest BCUT2D eigenvalue weighted by atomic mass is 10.0. The number of Topliss-reactive ketones (excluding diaryl/α,β-unsaturated/α-hetero) is 1. The first-order valence-corrected chi connectivity index (χ1v) is 4.90. The molecule has 0 fully saturated rings. The molecular weight excluding hydrogens is 206 g/mol. The van der Waals surface area contributed by atoms with E-state index in [-0.39, 0.29) is 18.9 Å². The van der Waals surface area contributed by atoms with Gasteiger partial charge in [0, 0.05) is 6.42 Å². The van der Waals surface area contributed by atoms with E-state index in [9.17, 15) is 18.4 Å². The highest BCUT2D eigenvalue weighted by Crippen LogP contribution is 2.21. The maximum atomic E-state index is 13.0. The van der Waals surface area contributed by atoms with Gasteiger partial charge in [0.25, 0.3) is 0 Å². The van der Waals surface area contributed by atoms with Crippen molar-refractivity contribution < 1.29 is 23.1 Å². The molecule has 0 aliphatic carbocycles. The smallest absolute Gasteiger partial charge is 0.399 e. The minimum absolute atomic E-state index is 0.145. The zero-order valence-corrected chi connectivity index (χ0v) is 9.18. The summed E-state index contributed by atoms with van der Waals surface area (Å²) in [6.07, 6.45) is 0.0390. The van der Waals surface area contributed by atoms with E-state index < -0.39 is 17.7 Å². The van der Waals surface area contributed by atoms with Crippen molar-refractivity contribution in [3.8, 4) is 0 Å². The number of hydrogen-bond acceptors (Lipinski definition) is 3. The van der Waals surface area contributed by atoms with Crippen LogP contribution in [-0.2, 0) is 14.3 Å². The van der Waals surface area contributed by atoms with Crippen LogP contribution in [0.25, 0.3) is 0 Å². The molecule has 0 bridgehead atoms. The summed E-state index contributed by atoms with van der Waals surface area (Å²) in [7, 11) is 0. The standard InChI is InChI=1S/C10H16F2O3/c1-4-15-9(14)10(11,12)8(13)6-5-7(2)3/h7H,4-6H2,1-3H3. The Kier molecular flexibility index (Phi) is 5.39. The molecule has 0 saturated heterocycles. The van der Waals surface area contributed by atoms with Gasteiger partial charge in [-0.3, -0.25) is 4.79 Å². The summed E-state index contributed by atoms with van der Waals surface area (Å²) in [5, 5.41) is 0. The fourth-order valence-corrected chi connectivity index (χ4v) is 0.912. The topological polar surface area (TPSA) is 43.4 Å². The van der Waals surface area contributed by atoms with Gasteiger partial charge in [-0.15, -0.1) is 0 Å². The van der Waals surface area contributed by atoms with Crippen LogP contribution < -0.4 is 0 Å². The number of rotatable bonds is 6. The Morgan fingerprint density at radius 3 is 2.27 bits per heavy atom. The molecule has 0 rings (SSSR count). The van der Waals surface area contributed by atoms with E-state index in [2.05, 4.69) is 4.74 Å². The van der Waals surface area contributed by atoms with E-state index in [4.69, 9.17) is 0 Å². The van der Waals surface area contributed by atoms with Gasteiger partial charge in [0.15, 0.2) is 0 Å². The van der Waals surface area contributed by atoms with Gasteiger partial charge in [0.2, 0.25) is 5.78 Å². The molecule has 0 unspecified atom stereocenters. The van der Waals surface area contributed by atoms with E-state index in [1.807, 2.05) is 13.8 Å². The second-order valence-electron chi connectivity index (χ2n) is 3.65. The van der Waals surface area contributed by atoms with Gasteiger partial charge in [-0.25, -0.2) is 4.79 Å². The van der Waals surface area contributed by atoms with Crippen LogP contribution in [0, 0.1) is 5.92 Å². The number of carbonyl (C=O) groups excluding carboxylic acids is 2. The number of alkyl halides is 2. The quantitative estimate of drug-likeness (QED) is 0.511. The van der Waals surface area contributed by atoms with Crippen molar-refractivity contribution in [2.75, 3.05) is 6.61 Å². The van der Waals surface area contributed by atoms with Crippen LogP contribution in [-0.4, -0.2) is 24.3 Å². The van der Waals surface area contributed by atoms with Gasteiger partial charge in [-0.1, -0.05) is 13.8 Å². The molecule has 0 aliphatic heterocycles. The molecule has 5 heteroatoms. The Morgan fingerprint density at radius 2 is 1.87 bits per heavy atom. The van der Waals surface area contributed by atoms with Crippen LogP contribution in [0.1, 0.15) is 33.6 Å². The van der Waals surface area contributed by atoms with Gasteiger partial charge in [0.05, 0.1) is 6.61 Å². The molecule has 0 aromatic heterocycles. The van der Waals surface area contributed by atoms with Crippen molar-refractivity contribution in [3.05, 3.63) is 0 Å². The maximum absolute atomic E-state index is 13.0. The zero-order valence-electron chi connectivity index (χ0n) is 9.18. The molecule has 0 radical (unpaired) electrons. The van der Waals surface area contributed by atoms with E-state index in [0.29, 0.717) is 6.42 Å². The van der Waals surface area contributed by atoms with Gasteiger partial charge >= 0.3 is 11.9 Å². The summed E-state index contributed by atoms with van der Waals surface area (Å²) in [6, 6.07) is 0. The minimum Gasteiger partial charge on any atom is -0.461 e. The molecule has 0 heterocycles. The van der Waals surface area contributed by atoms with Crippen LogP contribution in [0.3, 0.4) is 0 Å². The van der Waals surface area contributed by atoms with E-state index >= 15 is 0 Å². The van der Waals surface area contributed by atoms with Crippen molar-refractivity contribution in [2.45, 2.75) is 39.5 Å². The van der Waals surface area contributed by atoms with Crippen LogP contribution >= 0.6 is 0 Å². The van der Waals surface area contributed by atoms with Crippen molar-refractivity contribution in [3.63, 3.8) is 0 Å². The van der Waals surface area contributed by atoms with Crippen molar-refractivity contribution in [2.24, 2.45) is 5.92 Å². The number of hydrogen-bond donors (Lipinski definition) is 0. The van der Waals surface area contributed by atoms with Crippen molar-refractivity contribution >= 4 is 11.8 Å². The highest BCUT2D eigenvalue weighted by atomic mass is 19.3. The molecule has 0 atom stereocenters. The highest BCUT2D eigenvalue weighted by molar-refractivity contribution is 6.05. The van der Waals surface area contributed by atoms with Gasteiger partial charge in [0.1, 0.15) is 0 Å². The Labute approximate surface area is 87.8 Å². The largest absolute Gasteiger partial charge is 0.461 e. The lowest BCUT2D eigenvalue weighted by Crippen LogP contribution is -2.39. The van der Waals surface area contributed by atoms with Gasteiger partial charge < -0.3 is 4.74 Å². The van der Waals surface area contributed by atoms with Gasteiger partial charge in [-0.05, 0) is 19.3 Å². The third-order valence-corrected chi connectivity index (χ3v) is 1.83. The molecule has 0 aromatic rings. The number of ether oxygens (including phenoxy) is 1. The van der Waals surface area contributed by atoms with Crippen LogP contribution in [0.15, 0.2) is 0 Å². The third kappa shape index (κ3) is 4.36. The monoisotopic (exact) mass is 222 g/mol. The fourth-order valence-electron chi connectivity index (χ4n) is 0.912. The lowest BCUT2D eigenvalue weighted by Gasteiger charge is -2.13. The highest BCUT2D eigenvalue weighted by Gasteiger charge is 2.47. The first-order valence-electron chi connectivity index (χ1n) is 4.90. The maximum Gasteiger partial charge on any atom is 0.399 e. The molecule has 0 aliphatic rings. The van der Waals surface area contributed by atoms with Crippen LogP contribution in [0.2, 0.25) is 0 Å². The summed E-state index contributed by atoms with van der Waals surface area (Å²) in [6.45, 7) is 4.88. The third-order valence-electron chi connectivity index (χ3n) is 1.83. The Bertz CT molecular complexity index is 237. The Hall–Kier alpha value is -1.00. The van der Waals surface area contributed by atoms with Gasteiger partial charge in [-0.2, -0.15) is 8.78 Å². The molecule has 0 amide bonds. The molecule has 0 N–H and O–H groups in total. The Morgan fingerprint density at radius 1 is 1.33 bits per heavy atom. The molecular formula is C10H16F2O3. The number of halogens is 2. The van der Waals surface area contributed by atoms with E-state index in [1.165, 1.54) is 6.92 Å². The summed E-state index contributed by atoms with van der Waals surface area (Å²) in [5.74, 6) is -6.97. The second kappa shape index (κ2) is 5.78. The minimum atomic E-state index is -4.00. The molecule has 0 saturated carbocycles. The number of carbonyl (C=O) groups is 2. The molecule has 0 aromatic carbocycles. The molecule has 3 nitrogen and oxygen atoms in total. The molecule has 15 heavy (non-hydrogen) atoms. The lowest BCUT2D eigenvalue weighted by molar-refractivity contribution is -0.176. The van der Waals surface area contributed by atoms with E-state index in [0.717, 1.165) is 0 Å². The van der Waals surface area contributed by atoms with E-state index in [1.54, 1.807) is 0 Å². The normalized spacial score (nSPS) is 11.6. The van der Waals surface area contributed by atoms with Crippen LogP contribution in [0.5, 0.6) is 0 Å². The predicted octanol–water partition coefficient (Wildman–Crippen LogP) is 2.19. The summed E-state index contributed by atoms with van der Waals surface area (Å²) >= 11 is 0. The summed E-state index contributed by atoms with van der Waals surface area (Å²) in [4.78, 5) is 21.8. The molecule has 88 valence electrons. The number of esters is 1. The predicted molar refractivity (Wildman–Crippen MR) is 50.7 cm³/mol. The fraction of sp³-hybridized carbons (Fsp3) is 0.800. The first kappa shape index (κ1) is 14.0. The van der Waals surface area contributed by atoms with Crippen molar-refractivity contribution in [1.82, 2.24) is 0 Å². The van der Waals surface area contributed by atoms with Crippen molar-refractivity contribution in [1.29, 1.82) is 0 Å². The Balaban J connectivity index is 4.31. The molecule has 0 spiro atoms. The summed E-state index contributed by atoms with van der Waals surface area (Å²) < 4.78 is 30.2.